The monoisotopic (exact) mass is 488 g/mol. The molecule has 0 N–H and O–H groups in total. The summed E-state index contributed by atoms with van der Waals surface area (Å²) in [5.41, 5.74) is 5.63. The molecule has 6 rings (SSSR count). The predicted octanol–water partition coefficient (Wildman–Crippen LogP) is 6.62. The molecular weight excluding hydrogens is 468 g/mol. The average Bonchev–Trinajstić information content (AvgIpc) is 3.34. The fourth-order valence-corrected chi connectivity index (χ4v) is 4.55. The second kappa shape index (κ2) is 9.29. The van der Waals surface area contributed by atoms with Crippen LogP contribution in [0.1, 0.15) is 5.56 Å². The summed E-state index contributed by atoms with van der Waals surface area (Å²) >= 11 is 6.17. The van der Waals surface area contributed by atoms with Crippen LogP contribution in [0, 0.1) is 0 Å². The zero-order valence-electron chi connectivity index (χ0n) is 19.3. The Morgan fingerprint density at radius 2 is 1.31 bits per heavy atom. The van der Waals surface area contributed by atoms with Gasteiger partial charge >= 0.3 is 0 Å². The second-order valence-electron chi connectivity index (χ2n) is 8.53. The number of halogens is 1. The molecule has 0 aliphatic heterocycles. The summed E-state index contributed by atoms with van der Waals surface area (Å²) in [6, 6.07) is 35.7. The van der Waals surface area contributed by atoms with Gasteiger partial charge in [0.1, 0.15) is 5.82 Å². The first-order valence-electron chi connectivity index (χ1n) is 11.6. The van der Waals surface area contributed by atoms with Crippen LogP contribution in [0.3, 0.4) is 0 Å². The second-order valence-corrected chi connectivity index (χ2v) is 8.96. The summed E-state index contributed by atoms with van der Waals surface area (Å²) < 4.78 is 3.78. The molecule has 0 fully saturated rings. The highest BCUT2D eigenvalue weighted by Crippen LogP contribution is 2.28. The topological polar surface area (TPSA) is 52.7 Å². The SMILES string of the molecule is O=c1nc(-c2ccc(-c3ccccc3)cc2)n(-c2ccc(Cl)cc2)c2ncn(Cc3ccccc3)c12. The van der Waals surface area contributed by atoms with Gasteiger partial charge in [-0.15, -0.1) is 0 Å². The van der Waals surface area contributed by atoms with Gasteiger partial charge in [0.25, 0.3) is 5.56 Å². The molecule has 0 bridgehead atoms. The molecule has 0 radical (unpaired) electrons. The Labute approximate surface area is 212 Å². The summed E-state index contributed by atoms with van der Waals surface area (Å²) in [6.45, 7) is 0.528. The van der Waals surface area contributed by atoms with Crippen LogP contribution in [0.4, 0.5) is 0 Å². The molecule has 0 saturated heterocycles. The number of rotatable bonds is 5. The lowest BCUT2D eigenvalue weighted by Crippen LogP contribution is -2.18. The molecule has 0 unspecified atom stereocenters. The van der Waals surface area contributed by atoms with Gasteiger partial charge in [-0.25, -0.2) is 4.98 Å². The van der Waals surface area contributed by atoms with Gasteiger partial charge in [-0.1, -0.05) is 96.5 Å². The average molecular weight is 489 g/mol. The molecule has 4 aromatic carbocycles. The number of hydrogen-bond acceptors (Lipinski definition) is 3. The number of benzene rings is 4. The molecular formula is C30H21ClN4O. The lowest BCUT2D eigenvalue weighted by atomic mass is 10.0. The van der Waals surface area contributed by atoms with E-state index in [-0.39, 0.29) is 5.56 Å². The summed E-state index contributed by atoms with van der Waals surface area (Å²) in [5.74, 6) is 0.527. The molecule has 6 heteroatoms. The van der Waals surface area contributed by atoms with E-state index >= 15 is 0 Å². The van der Waals surface area contributed by atoms with E-state index in [0.29, 0.717) is 28.6 Å². The van der Waals surface area contributed by atoms with Gasteiger partial charge in [0.15, 0.2) is 11.2 Å². The fraction of sp³-hybridized carbons (Fsp3) is 0.0333. The van der Waals surface area contributed by atoms with Crippen molar-refractivity contribution in [3.8, 4) is 28.2 Å². The molecule has 0 atom stereocenters. The number of imidazole rings is 1. The normalized spacial score (nSPS) is 11.1. The lowest BCUT2D eigenvalue weighted by molar-refractivity contribution is 0.819. The zero-order chi connectivity index (χ0) is 24.5. The van der Waals surface area contributed by atoms with Crippen LogP contribution < -0.4 is 5.56 Å². The van der Waals surface area contributed by atoms with Crippen LogP contribution in [0.25, 0.3) is 39.4 Å². The third-order valence-electron chi connectivity index (χ3n) is 6.18. The molecule has 0 saturated carbocycles. The number of aromatic nitrogens is 4. The highest BCUT2D eigenvalue weighted by atomic mass is 35.5. The van der Waals surface area contributed by atoms with Crippen LogP contribution in [0.2, 0.25) is 5.02 Å². The van der Waals surface area contributed by atoms with Crippen molar-refractivity contribution < 1.29 is 0 Å². The van der Waals surface area contributed by atoms with Crippen LogP contribution in [0.5, 0.6) is 0 Å². The van der Waals surface area contributed by atoms with E-state index in [0.717, 1.165) is 27.9 Å². The third kappa shape index (κ3) is 4.10. The highest BCUT2D eigenvalue weighted by Gasteiger charge is 2.19. The Balaban J connectivity index is 1.53. The summed E-state index contributed by atoms with van der Waals surface area (Å²) in [6.07, 6.45) is 1.70. The Morgan fingerprint density at radius 3 is 2.00 bits per heavy atom. The van der Waals surface area contributed by atoms with Crippen LogP contribution >= 0.6 is 11.6 Å². The summed E-state index contributed by atoms with van der Waals surface area (Å²) in [4.78, 5) is 22.6. The maximum atomic E-state index is 13.4. The van der Waals surface area contributed by atoms with Crippen molar-refractivity contribution in [2.75, 3.05) is 0 Å². The van der Waals surface area contributed by atoms with Gasteiger partial charge in [-0.2, -0.15) is 4.98 Å². The predicted molar refractivity (Wildman–Crippen MR) is 145 cm³/mol. The molecule has 36 heavy (non-hydrogen) atoms. The standard InChI is InChI=1S/C30H21ClN4O/c31-25-15-17-26(18-16-25)35-28(24-13-11-23(12-14-24)22-9-5-2-6-10-22)33-30(36)27-29(35)32-20-34(27)19-21-7-3-1-4-8-21/h1-18,20H,19H2. The molecule has 0 aliphatic carbocycles. The zero-order valence-corrected chi connectivity index (χ0v) is 20.0. The maximum absolute atomic E-state index is 13.4. The molecule has 0 amide bonds. The van der Waals surface area contributed by atoms with Crippen molar-refractivity contribution in [2.45, 2.75) is 6.54 Å². The van der Waals surface area contributed by atoms with Gasteiger partial charge in [-0.05, 0) is 41.0 Å². The minimum absolute atomic E-state index is 0.314. The first-order valence-corrected chi connectivity index (χ1v) is 12.0. The van der Waals surface area contributed by atoms with Crippen LogP contribution in [-0.2, 0) is 6.54 Å². The number of hydrogen-bond donors (Lipinski definition) is 0. The van der Waals surface area contributed by atoms with Crippen molar-refractivity contribution in [1.29, 1.82) is 0 Å². The molecule has 0 spiro atoms. The summed E-state index contributed by atoms with van der Waals surface area (Å²) in [5, 5.41) is 0.632. The van der Waals surface area contributed by atoms with Gasteiger partial charge in [-0.3, -0.25) is 9.36 Å². The van der Waals surface area contributed by atoms with E-state index in [2.05, 4.69) is 22.1 Å². The lowest BCUT2D eigenvalue weighted by Gasteiger charge is -2.15. The maximum Gasteiger partial charge on any atom is 0.299 e. The Hall–Kier alpha value is -4.48. The molecule has 174 valence electrons. The van der Waals surface area contributed by atoms with E-state index in [9.17, 15) is 4.79 Å². The smallest absolute Gasteiger partial charge is 0.299 e. The van der Waals surface area contributed by atoms with E-state index in [1.165, 1.54) is 0 Å². The number of fused-ring (bicyclic) bond motifs is 1. The van der Waals surface area contributed by atoms with Gasteiger partial charge in [0.05, 0.1) is 6.33 Å². The van der Waals surface area contributed by atoms with Crippen LogP contribution in [0.15, 0.2) is 120 Å². The van der Waals surface area contributed by atoms with E-state index in [4.69, 9.17) is 11.6 Å². The molecule has 0 aliphatic rings. The first-order chi connectivity index (χ1) is 17.7. The van der Waals surface area contributed by atoms with Gasteiger partial charge in [0, 0.05) is 22.8 Å². The van der Waals surface area contributed by atoms with Crippen molar-refractivity contribution in [3.63, 3.8) is 0 Å². The molecule has 6 aromatic rings. The number of nitrogens with zero attached hydrogens (tertiary/aromatic N) is 4. The largest absolute Gasteiger partial charge is 0.320 e. The first kappa shape index (κ1) is 22.0. The minimum Gasteiger partial charge on any atom is -0.320 e. The van der Waals surface area contributed by atoms with Crippen molar-refractivity contribution >= 4 is 22.8 Å². The quantitative estimate of drug-likeness (QED) is 0.274. The Kier molecular flexibility index (Phi) is 5.68. The molecule has 2 aromatic heterocycles. The molecule has 5 nitrogen and oxygen atoms in total. The highest BCUT2D eigenvalue weighted by molar-refractivity contribution is 6.30. The molecule has 2 heterocycles. The van der Waals surface area contributed by atoms with Gasteiger partial charge in [0.2, 0.25) is 0 Å². The minimum atomic E-state index is -0.314. The third-order valence-corrected chi connectivity index (χ3v) is 6.43. The van der Waals surface area contributed by atoms with E-state index < -0.39 is 0 Å². The Morgan fingerprint density at radius 1 is 0.694 bits per heavy atom. The fourth-order valence-electron chi connectivity index (χ4n) is 4.42. The van der Waals surface area contributed by atoms with Gasteiger partial charge < -0.3 is 4.57 Å². The van der Waals surface area contributed by atoms with E-state index in [1.54, 1.807) is 6.33 Å². The van der Waals surface area contributed by atoms with Crippen molar-refractivity contribution in [2.24, 2.45) is 0 Å². The Bertz CT molecular complexity index is 1710. The van der Waals surface area contributed by atoms with Crippen molar-refractivity contribution in [1.82, 2.24) is 19.1 Å². The van der Waals surface area contributed by atoms with Crippen molar-refractivity contribution in [3.05, 3.63) is 136 Å². The summed E-state index contributed by atoms with van der Waals surface area (Å²) in [7, 11) is 0. The van der Waals surface area contributed by atoms with E-state index in [1.807, 2.05) is 106 Å². The van der Waals surface area contributed by atoms with Crippen LogP contribution in [-0.4, -0.2) is 19.1 Å².